The van der Waals surface area contributed by atoms with E-state index in [1.807, 2.05) is 13.8 Å². The second kappa shape index (κ2) is 4.37. The highest BCUT2D eigenvalue weighted by atomic mass is 16.4. The van der Waals surface area contributed by atoms with Gasteiger partial charge in [-0.05, 0) is 19.9 Å². The quantitative estimate of drug-likeness (QED) is 0.559. The predicted molar refractivity (Wildman–Crippen MR) is 69.2 cm³/mol. The van der Waals surface area contributed by atoms with Crippen molar-refractivity contribution in [3.63, 3.8) is 0 Å². The van der Waals surface area contributed by atoms with Gasteiger partial charge in [0.1, 0.15) is 0 Å². The fraction of sp³-hybridized carbons (Fsp3) is 0.250. The number of aromatic amines is 1. The van der Waals surface area contributed by atoms with Crippen LogP contribution in [0.15, 0.2) is 33.0 Å². The highest BCUT2D eigenvalue weighted by Gasteiger charge is 2.05. The second-order valence-corrected chi connectivity index (χ2v) is 4.11. The van der Waals surface area contributed by atoms with Gasteiger partial charge in [0, 0.05) is 12.6 Å². The number of rotatable bonds is 3. The van der Waals surface area contributed by atoms with Crippen LogP contribution in [0.25, 0.3) is 11.1 Å². The van der Waals surface area contributed by atoms with Crippen molar-refractivity contribution in [2.75, 3.05) is 17.6 Å². The van der Waals surface area contributed by atoms with E-state index in [2.05, 4.69) is 16.4 Å². The molecule has 0 unspecified atom stereocenters. The molecule has 5 heteroatoms. The first-order valence-electron chi connectivity index (χ1n) is 5.36. The van der Waals surface area contributed by atoms with Crippen molar-refractivity contribution in [2.24, 2.45) is 0 Å². The Morgan fingerprint density at radius 3 is 3.00 bits per heavy atom. The van der Waals surface area contributed by atoms with Crippen molar-refractivity contribution >= 4 is 22.5 Å². The van der Waals surface area contributed by atoms with Crippen LogP contribution in [0.3, 0.4) is 0 Å². The minimum Gasteiger partial charge on any atom is -0.408 e. The first-order valence-corrected chi connectivity index (χ1v) is 5.36. The fourth-order valence-electron chi connectivity index (χ4n) is 1.53. The van der Waals surface area contributed by atoms with Gasteiger partial charge in [-0.25, -0.2) is 4.79 Å². The second-order valence-electron chi connectivity index (χ2n) is 4.11. The van der Waals surface area contributed by atoms with Crippen molar-refractivity contribution in [1.29, 1.82) is 0 Å². The van der Waals surface area contributed by atoms with Gasteiger partial charge in [0.15, 0.2) is 5.58 Å². The Bertz CT molecular complexity index is 618. The standard InChI is InChI=1S/C12H15N3O2/c1-7(2)3-4-14-9-6-10-11(5-8(9)13)17-12(16)15-10/h3,5-6,14H,4,13H2,1-2H3,(H,15,16). The monoisotopic (exact) mass is 233 g/mol. The molecule has 0 spiro atoms. The van der Waals surface area contributed by atoms with Gasteiger partial charge in [0.2, 0.25) is 0 Å². The molecule has 17 heavy (non-hydrogen) atoms. The summed E-state index contributed by atoms with van der Waals surface area (Å²) in [5.74, 6) is -0.471. The lowest BCUT2D eigenvalue weighted by Gasteiger charge is -2.07. The minimum absolute atomic E-state index is 0.471. The number of benzene rings is 1. The number of hydrogen-bond acceptors (Lipinski definition) is 4. The Labute approximate surface area is 98.3 Å². The summed E-state index contributed by atoms with van der Waals surface area (Å²) in [6, 6.07) is 3.41. The predicted octanol–water partition coefficient (Wildman–Crippen LogP) is 2.08. The lowest BCUT2D eigenvalue weighted by atomic mass is 10.2. The molecule has 1 heterocycles. The van der Waals surface area contributed by atoms with Crippen molar-refractivity contribution in [3.8, 4) is 0 Å². The number of nitrogens with one attached hydrogen (secondary N) is 2. The third-order valence-electron chi connectivity index (χ3n) is 2.39. The maximum Gasteiger partial charge on any atom is 0.417 e. The normalized spacial score (nSPS) is 10.5. The minimum atomic E-state index is -0.471. The van der Waals surface area contributed by atoms with Gasteiger partial charge in [0.05, 0.1) is 16.9 Å². The van der Waals surface area contributed by atoms with Crippen LogP contribution in [0.4, 0.5) is 11.4 Å². The molecule has 2 rings (SSSR count). The van der Waals surface area contributed by atoms with Crippen molar-refractivity contribution in [3.05, 3.63) is 34.3 Å². The van der Waals surface area contributed by atoms with E-state index in [1.54, 1.807) is 12.1 Å². The third kappa shape index (κ3) is 2.50. The van der Waals surface area contributed by atoms with E-state index in [-0.39, 0.29) is 0 Å². The number of fused-ring (bicyclic) bond motifs is 1. The largest absolute Gasteiger partial charge is 0.417 e. The van der Waals surface area contributed by atoms with Crippen LogP contribution in [0.2, 0.25) is 0 Å². The van der Waals surface area contributed by atoms with Crippen molar-refractivity contribution < 1.29 is 4.42 Å². The van der Waals surface area contributed by atoms with E-state index in [1.165, 1.54) is 5.57 Å². The zero-order chi connectivity index (χ0) is 12.4. The molecule has 0 atom stereocenters. The first-order chi connectivity index (χ1) is 8.06. The molecule has 90 valence electrons. The van der Waals surface area contributed by atoms with E-state index >= 15 is 0 Å². The summed E-state index contributed by atoms with van der Waals surface area (Å²) in [6.45, 7) is 4.75. The van der Waals surface area contributed by atoms with Crippen LogP contribution in [-0.2, 0) is 0 Å². The highest BCUT2D eigenvalue weighted by molar-refractivity contribution is 5.85. The maximum absolute atomic E-state index is 11.0. The number of allylic oxidation sites excluding steroid dienone is 1. The zero-order valence-corrected chi connectivity index (χ0v) is 9.83. The van der Waals surface area contributed by atoms with Gasteiger partial charge in [-0.3, -0.25) is 4.98 Å². The summed E-state index contributed by atoms with van der Waals surface area (Å²) >= 11 is 0. The summed E-state index contributed by atoms with van der Waals surface area (Å²) in [6.07, 6.45) is 2.06. The Morgan fingerprint density at radius 1 is 1.53 bits per heavy atom. The molecule has 0 aliphatic heterocycles. The number of nitrogens with two attached hydrogens (primary N) is 1. The molecule has 0 amide bonds. The van der Waals surface area contributed by atoms with Crippen LogP contribution in [0.1, 0.15) is 13.8 Å². The van der Waals surface area contributed by atoms with Gasteiger partial charge in [-0.2, -0.15) is 0 Å². The molecule has 0 fully saturated rings. The molecule has 2 aromatic rings. The maximum atomic E-state index is 11.0. The summed E-state index contributed by atoms with van der Waals surface area (Å²) in [4.78, 5) is 13.6. The van der Waals surface area contributed by atoms with Crippen molar-refractivity contribution in [2.45, 2.75) is 13.8 Å². The summed E-state index contributed by atoms with van der Waals surface area (Å²) in [5, 5.41) is 3.18. The van der Waals surface area contributed by atoms with E-state index in [0.717, 1.165) is 5.69 Å². The number of hydrogen-bond donors (Lipinski definition) is 3. The van der Waals surface area contributed by atoms with Gasteiger partial charge in [-0.1, -0.05) is 11.6 Å². The van der Waals surface area contributed by atoms with Crippen LogP contribution in [-0.4, -0.2) is 11.5 Å². The van der Waals surface area contributed by atoms with E-state index < -0.39 is 5.76 Å². The smallest absolute Gasteiger partial charge is 0.408 e. The van der Waals surface area contributed by atoms with Crippen LogP contribution >= 0.6 is 0 Å². The van der Waals surface area contributed by atoms with Crippen molar-refractivity contribution in [1.82, 2.24) is 4.98 Å². The number of H-pyrrole nitrogens is 1. The number of oxazole rings is 1. The lowest BCUT2D eigenvalue weighted by molar-refractivity contribution is 0.555. The third-order valence-corrected chi connectivity index (χ3v) is 2.39. The van der Waals surface area contributed by atoms with Gasteiger partial charge in [-0.15, -0.1) is 0 Å². The highest BCUT2D eigenvalue weighted by Crippen LogP contribution is 2.24. The van der Waals surface area contributed by atoms with E-state index in [9.17, 15) is 4.79 Å². The van der Waals surface area contributed by atoms with E-state index in [4.69, 9.17) is 10.2 Å². The Hall–Kier alpha value is -2.17. The number of aromatic nitrogens is 1. The molecule has 0 saturated heterocycles. The van der Waals surface area contributed by atoms with Crippen LogP contribution in [0, 0.1) is 0 Å². The SMILES string of the molecule is CC(C)=CCNc1cc2[nH]c(=O)oc2cc1N. The Kier molecular flexibility index (Phi) is 2.91. The molecule has 0 aliphatic carbocycles. The molecular formula is C12H15N3O2. The molecule has 0 bridgehead atoms. The summed E-state index contributed by atoms with van der Waals surface area (Å²) in [7, 11) is 0. The van der Waals surface area contributed by atoms with Crippen LogP contribution in [0.5, 0.6) is 0 Å². The number of nitrogen functional groups attached to an aromatic ring is 1. The summed E-state index contributed by atoms with van der Waals surface area (Å²) < 4.78 is 4.92. The average molecular weight is 233 g/mol. The van der Waals surface area contributed by atoms with E-state index in [0.29, 0.717) is 23.3 Å². The zero-order valence-electron chi connectivity index (χ0n) is 9.83. The molecule has 0 radical (unpaired) electrons. The fourth-order valence-corrected chi connectivity index (χ4v) is 1.53. The summed E-state index contributed by atoms with van der Waals surface area (Å²) in [5.41, 5.74) is 9.54. The molecule has 4 N–H and O–H groups in total. The lowest BCUT2D eigenvalue weighted by Crippen LogP contribution is -2.02. The molecule has 5 nitrogen and oxygen atoms in total. The molecule has 0 aliphatic rings. The molecular weight excluding hydrogens is 218 g/mol. The Morgan fingerprint density at radius 2 is 2.29 bits per heavy atom. The topological polar surface area (TPSA) is 84.0 Å². The molecule has 0 saturated carbocycles. The van der Waals surface area contributed by atoms with Crippen LogP contribution < -0.4 is 16.8 Å². The molecule has 1 aromatic carbocycles. The van der Waals surface area contributed by atoms with Gasteiger partial charge < -0.3 is 15.5 Å². The Balaban J connectivity index is 2.30. The first kappa shape index (κ1) is 11.3. The molecule has 1 aromatic heterocycles. The number of anilines is 2. The van der Waals surface area contributed by atoms with Gasteiger partial charge in [0.25, 0.3) is 0 Å². The average Bonchev–Trinajstić information content (AvgIpc) is 2.57. The van der Waals surface area contributed by atoms with Gasteiger partial charge >= 0.3 is 5.76 Å².